The third kappa shape index (κ3) is 6.54. The molecule has 2 aromatic heterocycles. The smallest absolute Gasteiger partial charge is 0.339 e. The van der Waals surface area contributed by atoms with E-state index in [1.807, 2.05) is 24.8 Å². The second kappa shape index (κ2) is 12.5. The van der Waals surface area contributed by atoms with E-state index < -0.39 is 5.54 Å². The Morgan fingerprint density at radius 3 is 2.52 bits per heavy atom. The van der Waals surface area contributed by atoms with Gasteiger partial charge in [-0.2, -0.15) is 0 Å². The van der Waals surface area contributed by atoms with Gasteiger partial charge in [0, 0.05) is 39.4 Å². The van der Waals surface area contributed by atoms with Crippen LogP contribution in [0.5, 0.6) is 0 Å². The second-order valence-electron chi connectivity index (χ2n) is 11.9. The molecule has 10 nitrogen and oxygen atoms in total. The van der Waals surface area contributed by atoms with Crippen molar-refractivity contribution in [3.63, 3.8) is 0 Å². The number of carbonyl (C=O) groups excluding carboxylic acids is 2. The molecule has 0 aliphatic carbocycles. The van der Waals surface area contributed by atoms with Crippen molar-refractivity contribution >= 4 is 23.5 Å². The van der Waals surface area contributed by atoms with Gasteiger partial charge in [-0.1, -0.05) is 13.8 Å². The Morgan fingerprint density at radius 2 is 1.90 bits per heavy atom. The lowest BCUT2D eigenvalue weighted by atomic mass is 9.96. The Hall–Kier alpha value is -3.27. The number of ether oxygens (including phenoxy) is 2. The molecule has 10 heteroatoms. The minimum atomic E-state index is -0.472. The van der Waals surface area contributed by atoms with Crippen LogP contribution in [0.15, 0.2) is 12.3 Å². The number of anilines is 2. The molecule has 0 saturated carbocycles. The summed E-state index contributed by atoms with van der Waals surface area (Å²) in [5, 5.41) is 3.47. The number of nitrogens with one attached hydrogen (secondary N) is 1. The van der Waals surface area contributed by atoms with Crippen LogP contribution in [0.2, 0.25) is 0 Å². The highest BCUT2D eigenvalue weighted by molar-refractivity contribution is 5.93. The topological polar surface area (TPSA) is 110 Å². The van der Waals surface area contributed by atoms with E-state index in [4.69, 9.17) is 19.4 Å². The summed E-state index contributed by atoms with van der Waals surface area (Å²) in [6.45, 7) is 16.2. The van der Waals surface area contributed by atoms with Crippen LogP contribution in [-0.2, 0) is 9.47 Å². The molecule has 4 rings (SSSR count). The molecular formula is C30H44N6O4. The predicted octanol–water partition coefficient (Wildman–Crippen LogP) is 4.37. The van der Waals surface area contributed by atoms with E-state index in [9.17, 15) is 9.59 Å². The Labute approximate surface area is 237 Å². The van der Waals surface area contributed by atoms with Crippen LogP contribution in [0.4, 0.5) is 11.6 Å². The molecule has 0 unspecified atom stereocenters. The number of methoxy groups -OCH3 is 1. The van der Waals surface area contributed by atoms with Crippen LogP contribution in [0.3, 0.4) is 0 Å². The van der Waals surface area contributed by atoms with Gasteiger partial charge < -0.3 is 24.6 Å². The number of hydrogen-bond donors (Lipinski definition) is 1. The second-order valence-corrected chi connectivity index (χ2v) is 11.9. The lowest BCUT2D eigenvalue weighted by Gasteiger charge is -2.47. The summed E-state index contributed by atoms with van der Waals surface area (Å²) >= 11 is 0. The third-order valence-corrected chi connectivity index (χ3v) is 8.00. The highest BCUT2D eigenvalue weighted by Crippen LogP contribution is 2.29. The van der Waals surface area contributed by atoms with Crippen molar-refractivity contribution in [1.29, 1.82) is 0 Å². The Morgan fingerprint density at radius 1 is 1.18 bits per heavy atom. The average molecular weight is 553 g/mol. The lowest BCUT2D eigenvalue weighted by molar-refractivity contribution is 0.0505. The summed E-state index contributed by atoms with van der Waals surface area (Å²) < 4.78 is 10.4. The number of hydrogen-bond acceptors (Lipinski definition) is 9. The first-order valence-electron chi connectivity index (χ1n) is 14.3. The van der Waals surface area contributed by atoms with Gasteiger partial charge in [0.15, 0.2) is 0 Å². The predicted molar refractivity (Wildman–Crippen MR) is 155 cm³/mol. The molecule has 2 aliphatic heterocycles. The highest BCUT2D eigenvalue weighted by Gasteiger charge is 2.38. The summed E-state index contributed by atoms with van der Waals surface area (Å²) in [4.78, 5) is 44.1. The molecule has 4 heterocycles. The number of aryl methyl sites for hydroxylation is 2. The first-order valence-corrected chi connectivity index (χ1v) is 14.3. The largest absolute Gasteiger partial charge is 0.465 e. The van der Waals surface area contributed by atoms with Crippen LogP contribution in [-0.4, -0.2) is 83.8 Å². The van der Waals surface area contributed by atoms with Crippen molar-refractivity contribution in [2.45, 2.75) is 72.3 Å². The van der Waals surface area contributed by atoms with E-state index in [2.05, 4.69) is 42.9 Å². The van der Waals surface area contributed by atoms with E-state index in [-0.39, 0.29) is 17.8 Å². The standard InChI is InChI=1S/C30H44N6O4/c1-19(2)26-27(31-11-8-22-9-14-40-15-10-22)32-17-23(34-26)28(37)36-13-12-35(18-30(36,5)6)24-16-20(3)25(21(4)33-24)29(38)39-7/h16-17,19,22H,8-15,18H2,1-7H3,(H,31,32). The molecule has 2 fully saturated rings. The van der Waals surface area contributed by atoms with Gasteiger partial charge >= 0.3 is 5.97 Å². The fourth-order valence-corrected chi connectivity index (χ4v) is 5.72. The molecule has 40 heavy (non-hydrogen) atoms. The van der Waals surface area contributed by atoms with Gasteiger partial charge in [0.2, 0.25) is 0 Å². The number of rotatable bonds is 8. The number of piperazine rings is 1. The van der Waals surface area contributed by atoms with Gasteiger partial charge in [-0.3, -0.25) is 4.79 Å². The van der Waals surface area contributed by atoms with Gasteiger partial charge in [-0.15, -0.1) is 0 Å². The zero-order valence-electron chi connectivity index (χ0n) is 25.0. The molecule has 2 aromatic rings. The quantitative estimate of drug-likeness (QED) is 0.478. The van der Waals surface area contributed by atoms with E-state index in [1.165, 1.54) is 7.11 Å². The average Bonchev–Trinajstić information content (AvgIpc) is 2.92. The Balaban J connectivity index is 1.46. The molecule has 0 radical (unpaired) electrons. The minimum absolute atomic E-state index is 0.117. The summed E-state index contributed by atoms with van der Waals surface area (Å²) in [7, 11) is 1.38. The summed E-state index contributed by atoms with van der Waals surface area (Å²) in [5.74, 6) is 1.85. The van der Waals surface area contributed by atoms with Crippen LogP contribution in [0.25, 0.3) is 0 Å². The molecule has 0 atom stereocenters. The third-order valence-electron chi connectivity index (χ3n) is 8.00. The van der Waals surface area contributed by atoms with Crippen molar-refractivity contribution in [3.05, 3.63) is 40.5 Å². The summed E-state index contributed by atoms with van der Waals surface area (Å²) in [6, 6.07) is 1.92. The molecule has 0 aromatic carbocycles. The number of carbonyl (C=O) groups is 2. The fraction of sp³-hybridized carbons (Fsp3) is 0.633. The van der Waals surface area contributed by atoms with Crippen LogP contribution >= 0.6 is 0 Å². The maximum absolute atomic E-state index is 13.7. The highest BCUT2D eigenvalue weighted by atomic mass is 16.5. The number of amides is 1. The zero-order chi connectivity index (χ0) is 29.0. The van der Waals surface area contributed by atoms with Crippen LogP contribution in [0.1, 0.15) is 90.7 Å². The first-order chi connectivity index (χ1) is 19.0. The molecule has 1 amide bonds. The van der Waals surface area contributed by atoms with Gasteiger partial charge in [0.05, 0.1) is 35.8 Å². The molecule has 2 aliphatic rings. The van der Waals surface area contributed by atoms with E-state index in [0.29, 0.717) is 42.5 Å². The van der Waals surface area contributed by atoms with E-state index >= 15 is 0 Å². The lowest BCUT2D eigenvalue weighted by Crippen LogP contribution is -2.61. The van der Waals surface area contributed by atoms with Crippen LogP contribution < -0.4 is 10.2 Å². The maximum atomic E-state index is 13.7. The van der Waals surface area contributed by atoms with Crippen molar-refractivity contribution in [2.75, 3.05) is 56.7 Å². The number of pyridine rings is 1. The minimum Gasteiger partial charge on any atom is -0.465 e. The van der Waals surface area contributed by atoms with Crippen molar-refractivity contribution in [3.8, 4) is 0 Å². The number of esters is 1. The monoisotopic (exact) mass is 552 g/mol. The molecule has 0 bridgehead atoms. The Bertz CT molecular complexity index is 1200. The van der Waals surface area contributed by atoms with E-state index in [1.54, 1.807) is 6.20 Å². The number of aromatic nitrogens is 3. The molecule has 1 N–H and O–H groups in total. The summed E-state index contributed by atoms with van der Waals surface area (Å²) in [6.07, 6.45) is 4.89. The fourth-order valence-electron chi connectivity index (χ4n) is 5.72. The molecular weight excluding hydrogens is 508 g/mol. The molecule has 2 saturated heterocycles. The van der Waals surface area contributed by atoms with Crippen molar-refractivity contribution in [2.24, 2.45) is 5.92 Å². The van der Waals surface area contributed by atoms with Gasteiger partial charge in [0.25, 0.3) is 5.91 Å². The zero-order valence-corrected chi connectivity index (χ0v) is 25.0. The number of nitrogens with zero attached hydrogens (tertiary/aromatic N) is 5. The molecule has 218 valence electrons. The summed E-state index contributed by atoms with van der Waals surface area (Å²) in [5.41, 5.74) is 2.67. The van der Waals surface area contributed by atoms with Crippen molar-refractivity contribution in [1.82, 2.24) is 19.9 Å². The van der Waals surface area contributed by atoms with Crippen LogP contribution in [0, 0.1) is 19.8 Å². The van der Waals surface area contributed by atoms with Gasteiger partial charge in [-0.25, -0.2) is 19.7 Å². The molecule has 0 spiro atoms. The van der Waals surface area contributed by atoms with E-state index in [0.717, 1.165) is 61.9 Å². The van der Waals surface area contributed by atoms with Crippen molar-refractivity contribution < 1.29 is 19.1 Å². The normalized spacial score (nSPS) is 17.7. The Kier molecular flexibility index (Phi) is 9.28. The maximum Gasteiger partial charge on any atom is 0.339 e. The SMILES string of the molecule is COC(=O)c1c(C)cc(N2CCN(C(=O)c3cnc(NCCC4CCOCC4)c(C(C)C)n3)C(C)(C)C2)nc1C. The van der Waals surface area contributed by atoms with Gasteiger partial charge in [-0.05, 0) is 70.4 Å². The first kappa shape index (κ1) is 29.7. The van der Waals surface area contributed by atoms with Gasteiger partial charge in [0.1, 0.15) is 17.3 Å².